The first-order valence-corrected chi connectivity index (χ1v) is 9.40. The molecule has 0 atom stereocenters. The van der Waals surface area contributed by atoms with E-state index in [0.29, 0.717) is 17.0 Å². The molecule has 0 fully saturated rings. The Bertz CT molecular complexity index is 1080. The Morgan fingerprint density at radius 3 is 2.26 bits per heavy atom. The number of benzene rings is 3. The minimum Gasteiger partial charge on any atom is -0.744 e. The van der Waals surface area contributed by atoms with Crippen molar-refractivity contribution in [3.63, 3.8) is 0 Å². The van der Waals surface area contributed by atoms with E-state index < -0.39 is 20.9 Å². The Labute approximate surface area is 157 Å². The van der Waals surface area contributed by atoms with Crippen molar-refractivity contribution < 1.29 is 22.5 Å². The van der Waals surface area contributed by atoms with Crippen LogP contribution in [0.5, 0.6) is 5.75 Å². The summed E-state index contributed by atoms with van der Waals surface area (Å²) in [6.07, 6.45) is 0. The number of carbonyl (C=O) groups excluding carboxylic acids is 1. The van der Waals surface area contributed by atoms with Crippen molar-refractivity contribution in [3.05, 3.63) is 78.4 Å². The number of para-hydroxylation sites is 1. The number of hydrogen-bond donors (Lipinski definition) is 1. The molecule has 0 heterocycles. The number of methoxy groups -OCH3 is 1. The summed E-state index contributed by atoms with van der Waals surface area (Å²) in [4.78, 5) is 12.3. The highest BCUT2D eigenvalue weighted by molar-refractivity contribution is 7.85. The molecule has 3 aromatic carbocycles. The lowest BCUT2D eigenvalue weighted by molar-refractivity contribution is 0.102. The Morgan fingerprint density at radius 1 is 0.926 bits per heavy atom. The first kappa shape index (κ1) is 18.6. The van der Waals surface area contributed by atoms with Crippen LogP contribution in [0, 0.1) is 0 Å². The van der Waals surface area contributed by atoms with Gasteiger partial charge in [0.05, 0.1) is 12.0 Å². The Balaban J connectivity index is 2.13. The first-order chi connectivity index (χ1) is 12.9. The van der Waals surface area contributed by atoms with Crippen molar-refractivity contribution in [2.24, 2.45) is 0 Å². The monoisotopic (exact) mass is 382 g/mol. The fourth-order valence-corrected chi connectivity index (χ4v) is 3.37. The summed E-state index contributed by atoms with van der Waals surface area (Å²) in [5.41, 5.74) is 1.27. The highest BCUT2D eigenvalue weighted by Crippen LogP contribution is 2.33. The van der Waals surface area contributed by atoms with E-state index in [4.69, 9.17) is 4.74 Å². The van der Waals surface area contributed by atoms with Crippen LogP contribution in [0.2, 0.25) is 0 Å². The van der Waals surface area contributed by atoms with Gasteiger partial charge in [0.1, 0.15) is 15.9 Å². The smallest absolute Gasteiger partial charge is 0.256 e. The highest BCUT2D eigenvalue weighted by Gasteiger charge is 2.18. The molecule has 0 radical (unpaired) electrons. The van der Waals surface area contributed by atoms with Crippen LogP contribution in [0.3, 0.4) is 0 Å². The van der Waals surface area contributed by atoms with Crippen LogP contribution in [-0.4, -0.2) is 26.0 Å². The third-order valence-corrected chi connectivity index (χ3v) is 4.84. The summed E-state index contributed by atoms with van der Waals surface area (Å²) in [6.45, 7) is 0. The van der Waals surface area contributed by atoms with Gasteiger partial charge in [0.15, 0.2) is 0 Å². The van der Waals surface area contributed by atoms with Gasteiger partial charge in [-0.3, -0.25) is 4.79 Å². The van der Waals surface area contributed by atoms with Crippen LogP contribution >= 0.6 is 0 Å². The fourth-order valence-electron chi connectivity index (χ4n) is 2.70. The molecule has 0 aromatic heterocycles. The molecule has 27 heavy (non-hydrogen) atoms. The number of nitrogens with one attached hydrogen (secondary N) is 1. The molecule has 0 aliphatic carbocycles. The molecule has 138 valence electrons. The van der Waals surface area contributed by atoms with Gasteiger partial charge >= 0.3 is 0 Å². The van der Waals surface area contributed by atoms with Gasteiger partial charge in [0.25, 0.3) is 5.91 Å². The lowest BCUT2D eigenvalue weighted by Gasteiger charge is -2.17. The summed E-state index contributed by atoms with van der Waals surface area (Å²) < 4.78 is 40.2. The van der Waals surface area contributed by atoms with Crippen molar-refractivity contribution in [3.8, 4) is 16.9 Å². The second-order valence-corrected chi connectivity index (χ2v) is 7.03. The molecule has 0 saturated carbocycles. The molecule has 1 N–H and O–H groups in total. The summed E-state index contributed by atoms with van der Waals surface area (Å²) in [6, 6.07) is 19.3. The summed E-state index contributed by atoms with van der Waals surface area (Å²) in [7, 11) is -3.32. The molecule has 3 aromatic rings. The third kappa shape index (κ3) is 4.16. The van der Waals surface area contributed by atoms with Gasteiger partial charge in [-0.05, 0) is 42.0 Å². The van der Waals surface area contributed by atoms with Crippen molar-refractivity contribution in [1.82, 2.24) is 0 Å². The van der Waals surface area contributed by atoms with Gasteiger partial charge in [0.2, 0.25) is 0 Å². The predicted octanol–water partition coefficient (Wildman–Crippen LogP) is 3.52. The van der Waals surface area contributed by atoms with E-state index in [-0.39, 0.29) is 11.1 Å². The number of anilines is 1. The van der Waals surface area contributed by atoms with Gasteiger partial charge in [-0.1, -0.05) is 36.4 Å². The SMILES string of the molecule is COc1ccc(S(=O)(=O)[O-])c(-c2ccccc2C(=O)Nc2ccccc2)c1. The quantitative estimate of drug-likeness (QED) is 0.681. The Morgan fingerprint density at radius 2 is 1.59 bits per heavy atom. The zero-order valence-corrected chi connectivity index (χ0v) is 15.2. The first-order valence-electron chi connectivity index (χ1n) is 8.00. The molecule has 7 heteroatoms. The molecule has 0 bridgehead atoms. The van der Waals surface area contributed by atoms with E-state index >= 15 is 0 Å². The van der Waals surface area contributed by atoms with Crippen molar-refractivity contribution >= 4 is 21.7 Å². The normalized spacial score (nSPS) is 11.0. The van der Waals surface area contributed by atoms with Crippen LogP contribution in [0.4, 0.5) is 5.69 Å². The molecule has 0 unspecified atom stereocenters. The summed E-state index contributed by atoms with van der Waals surface area (Å²) in [5, 5.41) is 2.76. The van der Waals surface area contributed by atoms with E-state index in [0.717, 1.165) is 0 Å². The van der Waals surface area contributed by atoms with Crippen LogP contribution < -0.4 is 10.1 Å². The van der Waals surface area contributed by atoms with E-state index in [2.05, 4.69) is 5.32 Å². The molecular formula is C20H16NO5S-. The lowest BCUT2D eigenvalue weighted by Crippen LogP contribution is -2.13. The van der Waals surface area contributed by atoms with E-state index in [1.54, 1.807) is 48.5 Å². The molecule has 3 rings (SSSR count). The molecule has 0 aliphatic heterocycles. The van der Waals surface area contributed by atoms with Gasteiger partial charge in [-0.25, -0.2) is 8.42 Å². The molecule has 0 aliphatic rings. The minimum absolute atomic E-state index is 0.114. The van der Waals surface area contributed by atoms with E-state index in [1.165, 1.54) is 25.3 Å². The van der Waals surface area contributed by atoms with Gasteiger partial charge in [-0.15, -0.1) is 0 Å². The lowest BCUT2D eigenvalue weighted by atomic mass is 9.98. The van der Waals surface area contributed by atoms with Crippen LogP contribution in [0.25, 0.3) is 11.1 Å². The maximum atomic E-state index is 12.8. The molecule has 6 nitrogen and oxygen atoms in total. The number of amides is 1. The van der Waals surface area contributed by atoms with Crippen LogP contribution in [0.15, 0.2) is 77.7 Å². The molecular weight excluding hydrogens is 366 g/mol. The Hall–Kier alpha value is -3.16. The largest absolute Gasteiger partial charge is 0.744 e. The average molecular weight is 382 g/mol. The number of ether oxygens (including phenoxy) is 1. The highest BCUT2D eigenvalue weighted by atomic mass is 32.2. The number of hydrogen-bond acceptors (Lipinski definition) is 5. The molecule has 1 amide bonds. The van der Waals surface area contributed by atoms with E-state index in [9.17, 15) is 17.8 Å². The van der Waals surface area contributed by atoms with Crippen molar-refractivity contribution in [1.29, 1.82) is 0 Å². The fraction of sp³-hybridized carbons (Fsp3) is 0.0500. The van der Waals surface area contributed by atoms with Gasteiger partial charge in [0, 0.05) is 16.8 Å². The topological polar surface area (TPSA) is 95.5 Å². The number of carbonyl (C=O) groups is 1. The maximum Gasteiger partial charge on any atom is 0.256 e. The Kier molecular flexibility index (Phi) is 5.25. The maximum absolute atomic E-state index is 12.8. The zero-order valence-electron chi connectivity index (χ0n) is 14.4. The minimum atomic E-state index is -4.75. The zero-order chi connectivity index (χ0) is 19.4. The van der Waals surface area contributed by atoms with E-state index in [1.807, 2.05) is 6.07 Å². The average Bonchev–Trinajstić information content (AvgIpc) is 2.67. The molecule has 0 spiro atoms. The van der Waals surface area contributed by atoms with Gasteiger partial charge in [-0.2, -0.15) is 0 Å². The second kappa shape index (κ2) is 7.61. The molecule has 0 saturated heterocycles. The van der Waals surface area contributed by atoms with Crippen LogP contribution in [-0.2, 0) is 10.1 Å². The van der Waals surface area contributed by atoms with Gasteiger partial charge < -0.3 is 14.6 Å². The number of rotatable bonds is 5. The van der Waals surface area contributed by atoms with Crippen LogP contribution in [0.1, 0.15) is 10.4 Å². The standard InChI is InChI=1S/C20H17NO5S/c1-26-15-11-12-19(27(23,24)25)18(13-15)16-9-5-6-10-17(16)20(22)21-14-7-3-2-4-8-14/h2-13H,1H3,(H,21,22)(H,23,24,25)/p-1. The summed E-state index contributed by atoms with van der Waals surface area (Å²) >= 11 is 0. The predicted molar refractivity (Wildman–Crippen MR) is 101 cm³/mol. The van der Waals surface area contributed by atoms with Crippen molar-refractivity contribution in [2.75, 3.05) is 12.4 Å². The van der Waals surface area contributed by atoms with Crippen molar-refractivity contribution in [2.45, 2.75) is 4.90 Å². The third-order valence-electron chi connectivity index (χ3n) is 3.95. The second-order valence-electron chi connectivity index (χ2n) is 5.68. The summed E-state index contributed by atoms with van der Waals surface area (Å²) in [5.74, 6) is -0.0514.